The number of hydrogen-bond donors (Lipinski definition) is 2. The van der Waals surface area contributed by atoms with Gasteiger partial charge in [0, 0.05) is 27.3 Å². The number of halogens is 4. The average Bonchev–Trinajstić information content (AvgIpc) is 2.61. The van der Waals surface area contributed by atoms with Crippen LogP contribution >= 0.6 is 24.0 Å². The minimum atomic E-state index is -4.37. The largest absolute Gasteiger partial charge is 0.492 e. The van der Waals surface area contributed by atoms with E-state index in [4.69, 9.17) is 9.47 Å². The molecular formula is C19H29F3IN3O2. The molecule has 0 spiro atoms. The molecule has 5 nitrogen and oxygen atoms in total. The van der Waals surface area contributed by atoms with Crippen LogP contribution in [0.5, 0.6) is 5.75 Å². The summed E-state index contributed by atoms with van der Waals surface area (Å²) in [6, 6.07) is 4.88. The lowest BCUT2D eigenvalue weighted by molar-refractivity contribution is -0.137. The van der Waals surface area contributed by atoms with Crippen LogP contribution in [0.25, 0.3) is 0 Å². The van der Waals surface area contributed by atoms with Gasteiger partial charge in [-0.05, 0) is 42.9 Å². The van der Waals surface area contributed by atoms with Crippen LogP contribution in [-0.4, -0.2) is 46.4 Å². The highest BCUT2D eigenvalue weighted by Gasteiger charge is 2.36. The Morgan fingerprint density at radius 2 is 1.96 bits per heavy atom. The first kappa shape index (κ1) is 24.8. The van der Waals surface area contributed by atoms with Gasteiger partial charge in [0.25, 0.3) is 0 Å². The van der Waals surface area contributed by atoms with Gasteiger partial charge < -0.3 is 20.1 Å². The highest BCUT2D eigenvalue weighted by molar-refractivity contribution is 14.0. The van der Waals surface area contributed by atoms with Crippen molar-refractivity contribution in [3.05, 3.63) is 29.8 Å². The molecule has 2 N–H and O–H groups in total. The summed E-state index contributed by atoms with van der Waals surface area (Å²) in [5, 5.41) is 6.45. The Morgan fingerprint density at radius 1 is 1.21 bits per heavy atom. The molecule has 0 atom stereocenters. The van der Waals surface area contributed by atoms with Gasteiger partial charge in [0.1, 0.15) is 12.4 Å². The van der Waals surface area contributed by atoms with E-state index in [2.05, 4.69) is 15.6 Å². The number of methoxy groups -OCH3 is 1. The van der Waals surface area contributed by atoms with Crippen molar-refractivity contribution in [2.24, 2.45) is 10.4 Å². The molecular weight excluding hydrogens is 486 g/mol. The summed E-state index contributed by atoms with van der Waals surface area (Å²) in [5.41, 5.74) is -0.449. The second-order valence-corrected chi connectivity index (χ2v) is 6.82. The van der Waals surface area contributed by atoms with E-state index in [9.17, 15) is 13.2 Å². The Hall–Kier alpha value is -1.23. The van der Waals surface area contributed by atoms with Crippen molar-refractivity contribution in [3.63, 3.8) is 0 Å². The predicted molar refractivity (Wildman–Crippen MR) is 114 cm³/mol. The maximum Gasteiger partial charge on any atom is 0.416 e. The summed E-state index contributed by atoms with van der Waals surface area (Å²) in [6.45, 7) is 2.24. The lowest BCUT2D eigenvalue weighted by Gasteiger charge is -2.42. The van der Waals surface area contributed by atoms with Crippen LogP contribution in [0.1, 0.15) is 31.2 Å². The standard InChI is InChI=1S/C19H28F3N3O2.HI/c1-23-17(25-14-18(7-4-8-18)9-11-26-2)24-10-12-27-16-6-3-5-15(13-16)19(20,21)22;/h3,5-6,13H,4,7-12,14H2,1-2H3,(H2,23,24,25);1H. The van der Waals surface area contributed by atoms with Crippen LogP contribution in [0, 0.1) is 5.41 Å². The maximum atomic E-state index is 12.7. The molecule has 1 aromatic carbocycles. The molecule has 28 heavy (non-hydrogen) atoms. The zero-order valence-electron chi connectivity index (χ0n) is 16.3. The second kappa shape index (κ2) is 11.7. The molecule has 0 aliphatic heterocycles. The van der Waals surface area contributed by atoms with Crippen molar-refractivity contribution in [2.45, 2.75) is 31.9 Å². The van der Waals surface area contributed by atoms with Crippen molar-refractivity contribution < 1.29 is 22.6 Å². The Morgan fingerprint density at radius 3 is 2.54 bits per heavy atom. The molecule has 2 rings (SSSR count). The van der Waals surface area contributed by atoms with Gasteiger partial charge in [-0.15, -0.1) is 24.0 Å². The lowest BCUT2D eigenvalue weighted by Crippen LogP contribution is -2.47. The molecule has 1 aromatic rings. The Kier molecular flexibility index (Phi) is 10.4. The van der Waals surface area contributed by atoms with Gasteiger partial charge in [-0.25, -0.2) is 0 Å². The molecule has 0 heterocycles. The van der Waals surface area contributed by atoms with Crippen LogP contribution < -0.4 is 15.4 Å². The number of nitrogens with zero attached hydrogens (tertiary/aromatic N) is 1. The van der Waals surface area contributed by atoms with Gasteiger partial charge in [-0.1, -0.05) is 12.5 Å². The van der Waals surface area contributed by atoms with E-state index >= 15 is 0 Å². The summed E-state index contributed by atoms with van der Waals surface area (Å²) >= 11 is 0. The number of ether oxygens (including phenoxy) is 2. The lowest BCUT2D eigenvalue weighted by atomic mass is 9.67. The van der Waals surface area contributed by atoms with Crippen LogP contribution in [0.3, 0.4) is 0 Å². The minimum absolute atomic E-state index is 0. The Bertz CT molecular complexity index is 623. The quantitative estimate of drug-likeness (QED) is 0.226. The third-order valence-corrected chi connectivity index (χ3v) is 4.93. The van der Waals surface area contributed by atoms with E-state index in [-0.39, 0.29) is 41.7 Å². The summed E-state index contributed by atoms with van der Waals surface area (Å²) in [7, 11) is 3.40. The van der Waals surface area contributed by atoms with Gasteiger partial charge >= 0.3 is 6.18 Å². The average molecular weight is 515 g/mol. The normalized spacial score (nSPS) is 16.0. The maximum absolute atomic E-state index is 12.7. The smallest absolute Gasteiger partial charge is 0.416 e. The van der Waals surface area contributed by atoms with Gasteiger partial charge in [-0.2, -0.15) is 13.2 Å². The molecule has 0 saturated heterocycles. The van der Waals surface area contributed by atoms with Crippen molar-refractivity contribution >= 4 is 29.9 Å². The zero-order valence-corrected chi connectivity index (χ0v) is 18.6. The fourth-order valence-corrected chi connectivity index (χ4v) is 3.10. The van der Waals surface area contributed by atoms with E-state index in [1.807, 2.05) is 0 Å². The topological polar surface area (TPSA) is 54.9 Å². The predicted octanol–water partition coefficient (Wildman–Crippen LogP) is 4.07. The highest BCUT2D eigenvalue weighted by atomic mass is 127. The fraction of sp³-hybridized carbons (Fsp3) is 0.632. The summed E-state index contributed by atoms with van der Waals surface area (Å²) in [5.74, 6) is 0.855. The molecule has 0 bridgehead atoms. The van der Waals surface area contributed by atoms with E-state index < -0.39 is 11.7 Å². The van der Waals surface area contributed by atoms with Crippen LogP contribution in [0.2, 0.25) is 0 Å². The molecule has 1 aliphatic carbocycles. The Balaban J connectivity index is 0.00000392. The number of benzene rings is 1. The molecule has 1 saturated carbocycles. The molecule has 160 valence electrons. The summed E-state index contributed by atoms with van der Waals surface area (Å²) < 4.78 is 48.7. The second-order valence-electron chi connectivity index (χ2n) is 6.82. The summed E-state index contributed by atoms with van der Waals surface area (Å²) in [6.07, 6.45) is 0.246. The van der Waals surface area contributed by atoms with E-state index in [1.54, 1.807) is 14.2 Å². The van der Waals surface area contributed by atoms with Gasteiger partial charge in [0.15, 0.2) is 5.96 Å². The van der Waals surface area contributed by atoms with Crippen molar-refractivity contribution in [2.75, 3.05) is 40.5 Å². The number of nitrogens with one attached hydrogen (secondary N) is 2. The number of alkyl halides is 3. The molecule has 9 heteroatoms. The molecule has 1 fully saturated rings. The monoisotopic (exact) mass is 515 g/mol. The van der Waals surface area contributed by atoms with Gasteiger partial charge in [0.05, 0.1) is 12.1 Å². The van der Waals surface area contributed by atoms with Gasteiger partial charge in [0.2, 0.25) is 0 Å². The minimum Gasteiger partial charge on any atom is -0.492 e. The van der Waals surface area contributed by atoms with E-state index in [1.165, 1.54) is 31.4 Å². The van der Waals surface area contributed by atoms with Crippen molar-refractivity contribution in [1.82, 2.24) is 10.6 Å². The molecule has 0 unspecified atom stereocenters. The number of rotatable bonds is 9. The van der Waals surface area contributed by atoms with Crippen molar-refractivity contribution in [1.29, 1.82) is 0 Å². The summed E-state index contributed by atoms with van der Waals surface area (Å²) in [4.78, 5) is 4.18. The third-order valence-electron chi connectivity index (χ3n) is 4.93. The molecule has 0 amide bonds. The number of guanidine groups is 1. The first-order chi connectivity index (χ1) is 12.9. The first-order valence-corrected chi connectivity index (χ1v) is 9.12. The number of hydrogen-bond acceptors (Lipinski definition) is 3. The zero-order chi connectivity index (χ0) is 19.8. The Labute approximate surface area is 181 Å². The first-order valence-electron chi connectivity index (χ1n) is 9.12. The van der Waals surface area contributed by atoms with Crippen molar-refractivity contribution in [3.8, 4) is 5.75 Å². The number of aliphatic imine (C=N–C) groups is 1. The van der Waals surface area contributed by atoms with Gasteiger partial charge in [-0.3, -0.25) is 4.99 Å². The highest BCUT2D eigenvalue weighted by Crippen LogP contribution is 2.43. The van der Waals surface area contributed by atoms with Crippen LogP contribution in [0.4, 0.5) is 13.2 Å². The van der Waals surface area contributed by atoms with Crippen LogP contribution in [0.15, 0.2) is 29.3 Å². The molecule has 0 aromatic heterocycles. The van der Waals surface area contributed by atoms with E-state index in [0.717, 1.165) is 31.7 Å². The molecule has 1 aliphatic rings. The fourth-order valence-electron chi connectivity index (χ4n) is 3.10. The van der Waals surface area contributed by atoms with Crippen LogP contribution in [-0.2, 0) is 10.9 Å². The SMILES string of the molecule is CN=C(NCCOc1cccc(C(F)(F)F)c1)NCC1(CCOC)CCC1.I. The third kappa shape index (κ3) is 7.65. The molecule has 0 radical (unpaired) electrons. The van der Waals surface area contributed by atoms with E-state index in [0.29, 0.717) is 12.5 Å².